The normalized spacial score (nSPS) is 10.3. The number of methoxy groups -OCH3 is 3. The predicted octanol–water partition coefficient (Wildman–Crippen LogP) is 3.48. The van der Waals surface area contributed by atoms with Gasteiger partial charge in [-0.25, -0.2) is 0 Å². The fraction of sp³-hybridized carbons (Fsp3) is 0.167. The Balaban J connectivity index is 1.81. The molecule has 0 aliphatic heterocycles. The van der Waals surface area contributed by atoms with E-state index < -0.39 is 0 Å². The second-order valence-electron chi connectivity index (χ2n) is 5.15. The number of amides is 1. The summed E-state index contributed by atoms with van der Waals surface area (Å²) in [4.78, 5) is 16.8. The summed E-state index contributed by atoms with van der Waals surface area (Å²) in [5.41, 5.74) is 1.19. The van der Waals surface area contributed by atoms with Crippen LogP contribution >= 0.6 is 11.5 Å². The number of para-hydroxylation sites is 1. The molecule has 1 amide bonds. The number of nitrogens with one attached hydrogen (secondary N) is 1. The minimum atomic E-state index is -0.308. The third kappa shape index (κ3) is 3.60. The molecule has 0 atom stereocenters. The lowest BCUT2D eigenvalue weighted by Gasteiger charge is -2.08. The number of anilines is 1. The number of aromatic nitrogens is 2. The SMILES string of the molecule is COc1ccc(-c2nsc(NC(=O)c3ccccc3OC)n2)cc1OC. The summed E-state index contributed by atoms with van der Waals surface area (Å²) in [6.07, 6.45) is 0. The van der Waals surface area contributed by atoms with Gasteiger partial charge >= 0.3 is 0 Å². The number of carbonyl (C=O) groups is 1. The molecule has 0 aliphatic rings. The second kappa shape index (κ2) is 7.83. The van der Waals surface area contributed by atoms with Crippen molar-refractivity contribution in [1.29, 1.82) is 0 Å². The standard InChI is InChI=1S/C18H17N3O4S/c1-23-13-7-5-4-6-12(13)17(22)20-18-19-16(21-26-18)11-8-9-14(24-2)15(10-11)25-3/h4-10H,1-3H3,(H,19,20,21,22). The average Bonchev–Trinajstić information content (AvgIpc) is 3.15. The molecule has 0 aliphatic carbocycles. The number of hydrogen-bond donors (Lipinski definition) is 1. The minimum absolute atomic E-state index is 0.308. The maximum atomic E-state index is 12.4. The van der Waals surface area contributed by atoms with Crippen LogP contribution in [0.2, 0.25) is 0 Å². The van der Waals surface area contributed by atoms with E-state index in [-0.39, 0.29) is 5.91 Å². The van der Waals surface area contributed by atoms with Crippen molar-refractivity contribution >= 4 is 22.6 Å². The molecule has 3 rings (SSSR count). The zero-order chi connectivity index (χ0) is 18.5. The minimum Gasteiger partial charge on any atom is -0.496 e. The molecule has 0 unspecified atom stereocenters. The number of rotatable bonds is 6. The quantitative estimate of drug-likeness (QED) is 0.714. The van der Waals surface area contributed by atoms with Gasteiger partial charge < -0.3 is 14.2 Å². The monoisotopic (exact) mass is 371 g/mol. The molecule has 2 aromatic carbocycles. The van der Waals surface area contributed by atoms with Gasteiger partial charge in [-0.1, -0.05) is 12.1 Å². The van der Waals surface area contributed by atoms with Crippen molar-refractivity contribution in [1.82, 2.24) is 9.36 Å². The number of benzene rings is 2. The van der Waals surface area contributed by atoms with E-state index in [1.165, 1.54) is 7.11 Å². The summed E-state index contributed by atoms with van der Waals surface area (Å²) in [5.74, 6) is 1.88. The Morgan fingerprint density at radius 3 is 2.42 bits per heavy atom. The van der Waals surface area contributed by atoms with Crippen LogP contribution in [0.1, 0.15) is 10.4 Å². The van der Waals surface area contributed by atoms with Gasteiger partial charge in [0, 0.05) is 17.1 Å². The molecular formula is C18H17N3O4S. The van der Waals surface area contributed by atoms with E-state index in [4.69, 9.17) is 14.2 Å². The second-order valence-corrected chi connectivity index (χ2v) is 5.90. The maximum absolute atomic E-state index is 12.4. The Kier molecular flexibility index (Phi) is 5.33. The van der Waals surface area contributed by atoms with Crippen LogP contribution in [0.25, 0.3) is 11.4 Å². The van der Waals surface area contributed by atoms with Crippen LogP contribution in [0.3, 0.4) is 0 Å². The van der Waals surface area contributed by atoms with Crippen LogP contribution in [0.5, 0.6) is 17.2 Å². The lowest BCUT2D eigenvalue weighted by atomic mass is 10.2. The number of nitrogens with zero attached hydrogens (tertiary/aromatic N) is 2. The first-order valence-electron chi connectivity index (χ1n) is 7.66. The van der Waals surface area contributed by atoms with Crippen molar-refractivity contribution in [3.63, 3.8) is 0 Å². The highest BCUT2D eigenvalue weighted by Gasteiger charge is 2.15. The third-order valence-electron chi connectivity index (χ3n) is 3.64. The molecule has 0 saturated heterocycles. The lowest BCUT2D eigenvalue weighted by Crippen LogP contribution is -2.12. The summed E-state index contributed by atoms with van der Waals surface area (Å²) in [5, 5.41) is 3.14. The molecule has 0 spiro atoms. The van der Waals surface area contributed by atoms with Crippen molar-refractivity contribution in [3.8, 4) is 28.6 Å². The van der Waals surface area contributed by atoms with E-state index in [2.05, 4.69) is 14.7 Å². The molecule has 1 N–H and O–H groups in total. The van der Waals surface area contributed by atoms with Crippen molar-refractivity contribution in [2.45, 2.75) is 0 Å². The van der Waals surface area contributed by atoms with Crippen LogP contribution < -0.4 is 19.5 Å². The summed E-state index contributed by atoms with van der Waals surface area (Å²) in [6.45, 7) is 0. The average molecular weight is 371 g/mol. The zero-order valence-corrected chi connectivity index (χ0v) is 15.3. The van der Waals surface area contributed by atoms with Crippen molar-refractivity contribution < 1.29 is 19.0 Å². The molecule has 26 heavy (non-hydrogen) atoms. The summed E-state index contributed by atoms with van der Waals surface area (Å²) in [7, 11) is 4.66. The Morgan fingerprint density at radius 2 is 1.69 bits per heavy atom. The zero-order valence-electron chi connectivity index (χ0n) is 14.5. The molecule has 8 heteroatoms. The van der Waals surface area contributed by atoms with Gasteiger partial charge in [0.05, 0.1) is 26.9 Å². The van der Waals surface area contributed by atoms with Gasteiger partial charge in [-0.05, 0) is 30.3 Å². The lowest BCUT2D eigenvalue weighted by molar-refractivity contribution is 0.102. The fourth-order valence-electron chi connectivity index (χ4n) is 2.36. The van der Waals surface area contributed by atoms with Gasteiger partial charge in [0.1, 0.15) is 5.75 Å². The molecule has 3 aromatic rings. The largest absolute Gasteiger partial charge is 0.496 e. The van der Waals surface area contributed by atoms with E-state index >= 15 is 0 Å². The molecule has 0 fully saturated rings. The van der Waals surface area contributed by atoms with Gasteiger partial charge in [0.25, 0.3) is 5.91 Å². The number of carbonyl (C=O) groups excluding carboxylic acids is 1. The molecule has 0 bridgehead atoms. The van der Waals surface area contributed by atoms with Gasteiger partial charge in [0.15, 0.2) is 17.3 Å². The highest BCUT2D eigenvalue weighted by Crippen LogP contribution is 2.32. The number of ether oxygens (including phenoxy) is 3. The number of hydrogen-bond acceptors (Lipinski definition) is 7. The molecule has 7 nitrogen and oxygen atoms in total. The Hall–Kier alpha value is -3.13. The molecule has 134 valence electrons. The van der Waals surface area contributed by atoms with E-state index in [9.17, 15) is 4.79 Å². The molecule has 1 heterocycles. The van der Waals surface area contributed by atoms with Crippen molar-refractivity contribution in [2.24, 2.45) is 0 Å². The van der Waals surface area contributed by atoms with Crippen molar-refractivity contribution in [3.05, 3.63) is 48.0 Å². The van der Waals surface area contributed by atoms with Gasteiger partial charge in [-0.3, -0.25) is 10.1 Å². The van der Waals surface area contributed by atoms with Crippen LogP contribution in [-0.2, 0) is 0 Å². The summed E-state index contributed by atoms with van der Waals surface area (Å²) in [6, 6.07) is 12.4. The van der Waals surface area contributed by atoms with E-state index in [0.717, 1.165) is 17.1 Å². The van der Waals surface area contributed by atoms with Crippen molar-refractivity contribution in [2.75, 3.05) is 26.6 Å². The Labute approximate surface area is 154 Å². The first kappa shape index (κ1) is 17.7. The highest BCUT2D eigenvalue weighted by atomic mass is 32.1. The van der Waals surface area contributed by atoms with Crippen LogP contribution in [-0.4, -0.2) is 36.6 Å². The molecule has 0 radical (unpaired) electrons. The third-order valence-corrected chi connectivity index (χ3v) is 4.27. The van der Waals surface area contributed by atoms with Gasteiger partial charge in [-0.15, -0.1) is 0 Å². The first-order valence-corrected chi connectivity index (χ1v) is 8.44. The molecular weight excluding hydrogens is 354 g/mol. The predicted molar refractivity (Wildman–Crippen MR) is 99.4 cm³/mol. The van der Waals surface area contributed by atoms with E-state index in [1.807, 2.05) is 6.07 Å². The van der Waals surface area contributed by atoms with Gasteiger partial charge in [-0.2, -0.15) is 9.36 Å². The topological polar surface area (TPSA) is 82.6 Å². The fourth-order valence-corrected chi connectivity index (χ4v) is 2.95. The van der Waals surface area contributed by atoms with Crippen LogP contribution in [0.4, 0.5) is 5.13 Å². The first-order chi connectivity index (χ1) is 12.7. The van der Waals surface area contributed by atoms with Crippen LogP contribution in [0.15, 0.2) is 42.5 Å². The molecule has 1 aromatic heterocycles. The maximum Gasteiger partial charge on any atom is 0.261 e. The van der Waals surface area contributed by atoms with E-state index in [1.54, 1.807) is 50.6 Å². The Bertz CT molecular complexity index is 926. The van der Waals surface area contributed by atoms with Gasteiger partial charge in [0.2, 0.25) is 5.13 Å². The summed E-state index contributed by atoms with van der Waals surface area (Å²) < 4.78 is 20.0. The smallest absolute Gasteiger partial charge is 0.261 e. The molecule has 0 saturated carbocycles. The highest BCUT2D eigenvalue weighted by molar-refractivity contribution is 7.10. The Morgan fingerprint density at radius 1 is 0.962 bits per heavy atom. The van der Waals surface area contributed by atoms with E-state index in [0.29, 0.717) is 33.8 Å². The summed E-state index contributed by atoms with van der Waals surface area (Å²) >= 11 is 1.10. The van der Waals surface area contributed by atoms with Crippen LogP contribution in [0, 0.1) is 0 Å².